The first-order valence-electron chi connectivity index (χ1n) is 11.4. The molecule has 0 aliphatic heterocycles. The molecule has 0 bridgehead atoms. The summed E-state index contributed by atoms with van der Waals surface area (Å²) in [7, 11) is 0. The molecular formula is C30H24N6Ru. The first-order chi connectivity index (χ1) is 17.9. The fourth-order valence-corrected chi connectivity index (χ4v) is 3.09. The third kappa shape index (κ3) is 8.91. The van der Waals surface area contributed by atoms with E-state index >= 15 is 0 Å². The van der Waals surface area contributed by atoms with Crippen molar-refractivity contribution < 1.29 is 19.5 Å². The molecule has 0 aromatic carbocycles. The van der Waals surface area contributed by atoms with Gasteiger partial charge in [0.1, 0.15) is 0 Å². The second kappa shape index (κ2) is 15.5. The predicted octanol–water partition coefficient (Wildman–Crippen LogP) is 6.43. The van der Waals surface area contributed by atoms with E-state index in [-0.39, 0.29) is 19.5 Å². The molecule has 0 radical (unpaired) electrons. The molecule has 6 nitrogen and oxygen atoms in total. The summed E-state index contributed by atoms with van der Waals surface area (Å²) < 4.78 is 0. The molecule has 7 heteroatoms. The molecule has 6 aromatic rings. The zero-order chi connectivity index (χ0) is 24.7. The summed E-state index contributed by atoms with van der Waals surface area (Å²) in [6.07, 6.45) is 10.5. The van der Waals surface area contributed by atoms with Crippen molar-refractivity contribution in [3.05, 3.63) is 146 Å². The van der Waals surface area contributed by atoms with Gasteiger partial charge in [0, 0.05) is 56.7 Å². The summed E-state index contributed by atoms with van der Waals surface area (Å²) in [4.78, 5) is 25.7. The van der Waals surface area contributed by atoms with Crippen molar-refractivity contribution >= 4 is 0 Å². The molecule has 6 heterocycles. The molecule has 0 fully saturated rings. The first kappa shape index (κ1) is 27.1. The van der Waals surface area contributed by atoms with Crippen LogP contribution in [0, 0.1) is 0 Å². The third-order valence-corrected chi connectivity index (χ3v) is 4.75. The Hall–Kier alpha value is -4.48. The standard InChI is InChI=1S/C20H14N4.2C5H5N.Ru/c1-3-13-21-15(7-1)17-9-5-11-19(23-17)20-12-6-10-18(24-20)16-8-2-4-14-22-16;2*1-2-4-6-5-3-1;/h1-14H;2*1-5H;. The maximum atomic E-state index is 4.70. The Morgan fingerprint density at radius 2 is 0.622 bits per heavy atom. The van der Waals surface area contributed by atoms with E-state index in [0.717, 1.165) is 34.2 Å². The van der Waals surface area contributed by atoms with Crippen LogP contribution >= 0.6 is 0 Å². The van der Waals surface area contributed by atoms with Gasteiger partial charge in [0.05, 0.1) is 34.2 Å². The van der Waals surface area contributed by atoms with E-state index in [4.69, 9.17) is 9.97 Å². The molecule has 6 aromatic heterocycles. The largest absolute Gasteiger partial charge is 0.265 e. The molecular weight excluding hydrogens is 545 g/mol. The monoisotopic (exact) mass is 570 g/mol. The summed E-state index contributed by atoms with van der Waals surface area (Å²) in [5, 5.41) is 0. The van der Waals surface area contributed by atoms with E-state index in [1.165, 1.54) is 0 Å². The normalized spacial score (nSPS) is 9.41. The first-order valence-corrected chi connectivity index (χ1v) is 11.4. The van der Waals surface area contributed by atoms with Gasteiger partial charge in [0.25, 0.3) is 0 Å². The quantitative estimate of drug-likeness (QED) is 0.229. The van der Waals surface area contributed by atoms with Crippen LogP contribution in [0.5, 0.6) is 0 Å². The van der Waals surface area contributed by atoms with Crippen LogP contribution in [0.3, 0.4) is 0 Å². The van der Waals surface area contributed by atoms with Crippen molar-refractivity contribution in [2.75, 3.05) is 0 Å². The molecule has 0 N–H and O–H groups in total. The van der Waals surface area contributed by atoms with Gasteiger partial charge < -0.3 is 0 Å². The van der Waals surface area contributed by atoms with E-state index in [2.05, 4.69) is 19.9 Å². The summed E-state index contributed by atoms with van der Waals surface area (Å²) in [5.41, 5.74) is 4.99. The van der Waals surface area contributed by atoms with E-state index in [9.17, 15) is 0 Å². The number of hydrogen-bond donors (Lipinski definition) is 0. The number of rotatable bonds is 3. The summed E-state index contributed by atoms with van der Waals surface area (Å²) in [6.45, 7) is 0. The Bertz CT molecular complexity index is 1250. The van der Waals surface area contributed by atoms with E-state index in [0.29, 0.717) is 0 Å². The van der Waals surface area contributed by atoms with Gasteiger partial charge in [0.15, 0.2) is 0 Å². The van der Waals surface area contributed by atoms with Gasteiger partial charge in [-0.25, -0.2) is 9.97 Å². The summed E-state index contributed by atoms with van der Waals surface area (Å²) in [6, 6.07) is 34.8. The van der Waals surface area contributed by atoms with E-state index < -0.39 is 0 Å². The maximum Gasteiger partial charge on any atom is 0.0894 e. The molecule has 0 unspecified atom stereocenters. The molecule has 0 spiro atoms. The van der Waals surface area contributed by atoms with Crippen molar-refractivity contribution in [3.8, 4) is 34.2 Å². The van der Waals surface area contributed by atoms with Crippen molar-refractivity contribution in [1.82, 2.24) is 29.9 Å². The number of pyridine rings is 6. The molecule has 0 amide bonds. The van der Waals surface area contributed by atoms with E-state index in [1.54, 1.807) is 37.2 Å². The zero-order valence-electron chi connectivity index (χ0n) is 19.9. The average Bonchev–Trinajstić information content (AvgIpc) is 3.01. The van der Waals surface area contributed by atoms with Gasteiger partial charge in [-0.15, -0.1) is 0 Å². The minimum atomic E-state index is 0. The van der Waals surface area contributed by atoms with Crippen LogP contribution in [0.4, 0.5) is 0 Å². The van der Waals surface area contributed by atoms with Crippen molar-refractivity contribution in [3.63, 3.8) is 0 Å². The van der Waals surface area contributed by atoms with Gasteiger partial charge in [-0.05, 0) is 72.8 Å². The Labute approximate surface area is 229 Å². The maximum absolute atomic E-state index is 4.70. The molecule has 0 saturated carbocycles. The summed E-state index contributed by atoms with van der Waals surface area (Å²) >= 11 is 0. The predicted molar refractivity (Wildman–Crippen MR) is 142 cm³/mol. The number of nitrogens with zero attached hydrogens (tertiary/aromatic N) is 6. The summed E-state index contributed by atoms with van der Waals surface area (Å²) in [5.74, 6) is 0. The number of hydrogen-bond acceptors (Lipinski definition) is 6. The zero-order valence-corrected chi connectivity index (χ0v) is 21.6. The van der Waals surface area contributed by atoms with Crippen LogP contribution in [-0.2, 0) is 19.5 Å². The smallest absolute Gasteiger partial charge is 0.0894 e. The van der Waals surface area contributed by atoms with Gasteiger partial charge in [-0.2, -0.15) is 0 Å². The van der Waals surface area contributed by atoms with E-state index in [1.807, 2.05) is 109 Å². The van der Waals surface area contributed by atoms with Gasteiger partial charge in [-0.1, -0.05) is 36.4 Å². The van der Waals surface area contributed by atoms with Crippen LogP contribution in [0.15, 0.2) is 146 Å². The topological polar surface area (TPSA) is 77.3 Å². The van der Waals surface area contributed by atoms with Gasteiger partial charge in [-0.3, -0.25) is 19.9 Å². The number of aromatic nitrogens is 6. The SMILES string of the molecule is [Ru].c1ccc(-c2cccc(-c3cccc(-c4ccccn4)n3)n2)nc1.c1ccncc1.c1ccncc1. The Morgan fingerprint density at radius 3 is 0.892 bits per heavy atom. The Kier molecular flexibility index (Phi) is 11.4. The molecule has 0 aliphatic carbocycles. The average molecular weight is 570 g/mol. The van der Waals surface area contributed by atoms with Crippen molar-refractivity contribution in [2.45, 2.75) is 0 Å². The van der Waals surface area contributed by atoms with Crippen LogP contribution in [0.25, 0.3) is 34.2 Å². The van der Waals surface area contributed by atoms with Crippen LogP contribution in [-0.4, -0.2) is 29.9 Å². The molecule has 0 saturated heterocycles. The van der Waals surface area contributed by atoms with Crippen molar-refractivity contribution in [1.29, 1.82) is 0 Å². The van der Waals surface area contributed by atoms with Gasteiger partial charge >= 0.3 is 0 Å². The fourth-order valence-electron chi connectivity index (χ4n) is 3.09. The second-order valence-corrected chi connectivity index (χ2v) is 7.30. The van der Waals surface area contributed by atoms with Gasteiger partial charge in [0.2, 0.25) is 0 Å². The Balaban J connectivity index is 0.000000240. The fraction of sp³-hybridized carbons (Fsp3) is 0. The minimum absolute atomic E-state index is 0. The molecule has 37 heavy (non-hydrogen) atoms. The molecule has 0 atom stereocenters. The van der Waals surface area contributed by atoms with Crippen LogP contribution in [0.1, 0.15) is 0 Å². The minimum Gasteiger partial charge on any atom is -0.265 e. The second-order valence-electron chi connectivity index (χ2n) is 7.30. The van der Waals surface area contributed by atoms with Crippen LogP contribution < -0.4 is 0 Å². The van der Waals surface area contributed by atoms with Crippen molar-refractivity contribution in [2.24, 2.45) is 0 Å². The Morgan fingerprint density at radius 1 is 0.297 bits per heavy atom. The molecule has 6 rings (SSSR count). The molecule has 182 valence electrons. The molecule has 0 aliphatic rings. The third-order valence-electron chi connectivity index (χ3n) is 4.75. The van der Waals surface area contributed by atoms with Crippen LogP contribution in [0.2, 0.25) is 0 Å².